The molecule has 1 fully saturated rings. The number of nitrogens with one attached hydrogen (secondary N) is 1. The van der Waals surface area contributed by atoms with Crippen molar-refractivity contribution in [1.82, 2.24) is 20.2 Å². The molecule has 2 heterocycles. The van der Waals surface area contributed by atoms with Crippen LogP contribution in [-0.4, -0.2) is 39.3 Å². The number of carbonyl (C=O) groups excluding carboxylic acids is 2. The van der Waals surface area contributed by atoms with Gasteiger partial charge in [0.15, 0.2) is 0 Å². The number of aromatic nitrogens is 2. The summed E-state index contributed by atoms with van der Waals surface area (Å²) in [7, 11) is 0. The van der Waals surface area contributed by atoms with E-state index in [1.54, 1.807) is 23.5 Å². The van der Waals surface area contributed by atoms with Crippen molar-refractivity contribution in [2.75, 3.05) is 6.54 Å². The van der Waals surface area contributed by atoms with Gasteiger partial charge in [0.25, 0.3) is 0 Å². The molecule has 1 N–H and O–H groups in total. The van der Waals surface area contributed by atoms with Gasteiger partial charge in [-0.15, -0.1) is 0 Å². The summed E-state index contributed by atoms with van der Waals surface area (Å²) in [4.78, 5) is 33.2. The van der Waals surface area contributed by atoms with Crippen LogP contribution in [0.5, 0.6) is 0 Å². The highest BCUT2D eigenvalue weighted by atomic mass is 16.2. The van der Waals surface area contributed by atoms with E-state index >= 15 is 0 Å². The van der Waals surface area contributed by atoms with Crippen LogP contribution < -0.4 is 5.32 Å². The second kappa shape index (κ2) is 6.08. The van der Waals surface area contributed by atoms with E-state index in [4.69, 9.17) is 0 Å². The van der Waals surface area contributed by atoms with Gasteiger partial charge in [-0.05, 0) is 18.9 Å². The van der Waals surface area contributed by atoms with E-state index < -0.39 is 6.04 Å². The average Bonchev–Trinajstić information content (AvgIpc) is 2.94. The van der Waals surface area contributed by atoms with Crippen molar-refractivity contribution in [3.05, 3.63) is 36.9 Å². The first kappa shape index (κ1) is 13.2. The van der Waals surface area contributed by atoms with Crippen LogP contribution >= 0.6 is 0 Å². The van der Waals surface area contributed by atoms with Crippen LogP contribution in [0.3, 0.4) is 0 Å². The number of rotatable bonds is 4. The molecule has 0 aliphatic carbocycles. The molecule has 1 aliphatic rings. The Bertz CT molecular complexity index is 475. The third-order valence-electron chi connectivity index (χ3n) is 3.07. The van der Waals surface area contributed by atoms with Crippen LogP contribution in [0.1, 0.15) is 18.5 Å². The predicted molar refractivity (Wildman–Crippen MR) is 68.8 cm³/mol. The fraction of sp³-hybridized carbons (Fsp3) is 0.385. The first-order valence-corrected chi connectivity index (χ1v) is 6.18. The topological polar surface area (TPSA) is 75.2 Å². The van der Waals surface area contributed by atoms with Crippen LogP contribution in [0.25, 0.3) is 0 Å². The Labute approximate surface area is 111 Å². The minimum Gasteiger partial charge on any atom is -0.349 e. The normalized spacial score (nSPS) is 18.1. The summed E-state index contributed by atoms with van der Waals surface area (Å²) in [5.41, 5.74) is 0.690. The number of likely N-dealkylation sites (tertiary alicyclic amines) is 1. The Kier molecular flexibility index (Phi) is 4.22. The van der Waals surface area contributed by atoms with Gasteiger partial charge < -0.3 is 10.2 Å². The van der Waals surface area contributed by atoms with E-state index in [2.05, 4.69) is 21.9 Å². The summed E-state index contributed by atoms with van der Waals surface area (Å²) in [6.07, 6.45) is 7.52. The third-order valence-corrected chi connectivity index (χ3v) is 3.07. The monoisotopic (exact) mass is 260 g/mol. The van der Waals surface area contributed by atoms with Crippen molar-refractivity contribution < 1.29 is 9.59 Å². The molecular formula is C13H16N4O2. The Hall–Kier alpha value is -2.24. The first-order chi connectivity index (χ1) is 9.22. The Morgan fingerprint density at radius 1 is 1.53 bits per heavy atom. The van der Waals surface area contributed by atoms with Gasteiger partial charge in [0.1, 0.15) is 6.04 Å². The van der Waals surface area contributed by atoms with Gasteiger partial charge in [-0.25, -0.2) is 0 Å². The molecule has 0 radical (unpaired) electrons. The molecule has 6 nitrogen and oxygen atoms in total. The number of hydrogen-bond acceptors (Lipinski definition) is 4. The number of carbonyl (C=O) groups is 2. The van der Waals surface area contributed by atoms with Gasteiger partial charge in [0.2, 0.25) is 11.8 Å². The van der Waals surface area contributed by atoms with Crippen molar-refractivity contribution in [2.24, 2.45) is 0 Å². The van der Waals surface area contributed by atoms with Crippen molar-refractivity contribution in [2.45, 2.75) is 25.4 Å². The van der Waals surface area contributed by atoms with Gasteiger partial charge in [-0.1, -0.05) is 6.58 Å². The van der Waals surface area contributed by atoms with E-state index in [-0.39, 0.29) is 11.8 Å². The molecule has 1 atom stereocenters. The smallest absolute Gasteiger partial charge is 0.246 e. The fourth-order valence-electron chi connectivity index (χ4n) is 2.14. The molecular weight excluding hydrogens is 244 g/mol. The quantitative estimate of drug-likeness (QED) is 0.788. The number of hydrogen-bond donors (Lipinski definition) is 1. The van der Waals surface area contributed by atoms with Crippen LogP contribution in [0, 0.1) is 0 Å². The summed E-state index contributed by atoms with van der Waals surface area (Å²) in [5.74, 6) is -0.351. The van der Waals surface area contributed by atoms with Crippen molar-refractivity contribution in [1.29, 1.82) is 0 Å². The standard InChI is InChI=1S/C13H16N4O2/c1-2-12(18)17-7-3-4-11(17)13(19)16-9-10-8-14-5-6-15-10/h2,5-6,8,11H,1,3-4,7,9H2,(H,16,19). The van der Waals surface area contributed by atoms with Crippen molar-refractivity contribution >= 4 is 11.8 Å². The number of amides is 2. The lowest BCUT2D eigenvalue weighted by molar-refractivity contribution is -0.135. The van der Waals surface area contributed by atoms with Crippen LogP contribution in [-0.2, 0) is 16.1 Å². The summed E-state index contributed by atoms with van der Waals surface area (Å²) in [6, 6.07) is -0.401. The Morgan fingerprint density at radius 3 is 3.05 bits per heavy atom. The summed E-state index contributed by atoms with van der Waals surface area (Å²) in [6.45, 7) is 4.38. The maximum absolute atomic E-state index is 12.1. The van der Waals surface area contributed by atoms with E-state index in [1.165, 1.54) is 6.08 Å². The van der Waals surface area contributed by atoms with Crippen LogP contribution in [0.2, 0.25) is 0 Å². The largest absolute Gasteiger partial charge is 0.349 e. The molecule has 0 saturated carbocycles. The molecule has 0 spiro atoms. The minimum absolute atomic E-state index is 0.154. The third kappa shape index (κ3) is 3.15. The number of nitrogens with zero attached hydrogens (tertiary/aromatic N) is 3. The van der Waals surface area contributed by atoms with Gasteiger partial charge in [0, 0.05) is 18.9 Å². The molecule has 0 bridgehead atoms. The van der Waals surface area contributed by atoms with E-state index in [1.807, 2.05) is 0 Å². The molecule has 1 unspecified atom stereocenters. The average molecular weight is 260 g/mol. The second-order valence-corrected chi connectivity index (χ2v) is 4.31. The zero-order valence-electron chi connectivity index (χ0n) is 10.6. The van der Waals surface area contributed by atoms with E-state index in [0.717, 1.165) is 6.42 Å². The molecule has 1 aromatic heterocycles. The molecule has 1 aliphatic heterocycles. The van der Waals surface area contributed by atoms with E-state index in [0.29, 0.717) is 25.2 Å². The molecule has 2 rings (SSSR count). The maximum Gasteiger partial charge on any atom is 0.246 e. The lowest BCUT2D eigenvalue weighted by atomic mass is 10.2. The minimum atomic E-state index is -0.401. The summed E-state index contributed by atoms with van der Waals surface area (Å²) >= 11 is 0. The van der Waals surface area contributed by atoms with Crippen LogP contribution in [0.4, 0.5) is 0 Å². The second-order valence-electron chi connectivity index (χ2n) is 4.31. The molecule has 2 amide bonds. The molecule has 1 aromatic rings. The van der Waals surface area contributed by atoms with Crippen molar-refractivity contribution in [3.63, 3.8) is 0 Å². The Morgan fingerprint density at radius 2 is 2.37 bits per heavy atom. The van der Waals surface area contributed by atoms with E-state index in [9.17, 15) is 9.59 Å². The van der Waals surface area contributed by atoms with Crippen LogP contribution in [0.15, 0.2) is 31.2 Å². The maximum atomic E-state index is 12.1. The first-order valence-electron chi connectivity index (χ1n) is 6.18. The van der Waals surface area contributed by atoms with Gasteiger partial charge >= 0.3 is 0 Å². The lowest BCUT2D eigenvalue weighted by Crippen LogP contribution is -2.45. The van der Waals surface area contributed by atoms with Gasteiger partial charge in [-0.2, -0.15) is 0 Å². The SMILES string of the molecule is C=CC(=O)N1CCCC1C(=O)NCc1cnccn1. The molecule has 1 saturated heterocycles. The highest BCUT2D eigenvalue weighted by molar-refractivity contribution is 5.93. The zero-order chi connectivity index (χ0) is 13.7. The van der Waals surface area contributed by atoms with Gasteiger partial charge in [0.05, 0.1) is 18.4 Å². The molecule has 6 heteroatoms. The summed E-state index contributed by atoms with van der Waals surface area (Å²) in [5, 5.41) is 2.78. The predicted octanol–water partition coefficient (Wildman–Crippen LogP) is 0.270. The molecule has 100 valence electrons. The summed E-state index contributed by atoms with van der Waals surface area (Å²) < 4.78 is 0. The molecule has 0 aromatic carbocycles. The highest BCUT2D eigenvalue weighted by Crippen LogP contribution is 2.17. The zero-order valence-corrected chi connectivity index (χ0v) is 10.6. The van der Waals surface area contributed by atoms with Crippen molar-refractivity contribution in [3.8, 4) is 0 Å². The van der Waals surface area contributed by atoms with Gasteiger partial charge in [-0.3, -0.25) is 19.6 Å². The molecule has 19 heavy (non-hydrogen) atoms. The Balaban J connectivity index is 1.92. The fourth-order valence-corrected chi connectivity index (χ4v) is 2.14. The highest BCUT2D eigenvalue weighted by Gasteiger charge is 2.32. The lowest BCUT2D eigenvalue weighted by Gasteiger charge is -2.22.